The number of nitrogens with one attached hydrogen (secondary N) is 1. The number of hydrogen-bond donors (Lipinski definition) is 1. The molecule has 0 aliphatic carbocycles. The van der Waals surface area contributed by atoms with Gasteiger partial charge in [0.15, 0.2) is 0 Å². The number of para-hydroxylation sites is 1. The van der Waals surface area contributed by atoms with Crippen molar-refractivity contribution in [1.29, 1.82) is 0 Å². The Morgan fingerprint density at radius 3 is 2.85 bits per heavy atom. The Morgan fingerprint density at radius 2 is 2.05 bits per heavy atom. The highest BCUT2D eigenvalue weighted by molar-refractivity contribution is 5.38. The second-order valence-corrected chi connectivity index (χ2v) is 5.72. The maximum Gasteiger partial charge on any atom is 0.124 e. The van der Waals surface area contributed by atoms with Gasteiger partial charge in [-0.1, -0.05) is 18.2 Å². The molecule has 1 heterocycles. The normalized spacial score (nSPS) is 20.2. The summed E-state index contributed by atoms with van der Waals surface area (Å²) in [6.07, 6.45) is 0.960. The van der Waals surface area contributed by atoms with E-state index in [1.807, 2.05) is 12.1 Å². The zero-order valence-electron chi connectivity index (χ0n) is 12.6. The largest absolute Gasteiger partial charge is 0.487 e. The van der Waals surface area contributed by atoms with E-state index in [0.717, 1.165) is 18.7 Å². The molecule has 1 atom stereocenters. The van der Waals surface area contributed by atoms with E-state index in [1.54, 1.807) is 7.11 Å². The molecule has 2 rings (SSSR count). The maximum atomic E-state index is 6.02. The Hall–Kier alpha value is -1.10. The fraction of sp³-hybridized carbons (Fsp3) is 0.625. The van der Waals surface area contributed by atoms with E-state index in [-0.39, 0.29) is 5.60 Å². The zero-order valence-corrected chi connectivity index (χ0v) is 12.6. The SMILES string of the molecule is COCCOCCNC1CC(C)(C)Oc2ccccc21. The summed E-state index contributed by atoms with van der Waals surface area (Å²) < 4.78 is 16.5. The third kappa shape index (κ3) is 4.20. The number of benzene rings is 1. The van der Waals surface area contributed by atoms with Crippen LogP contribution >= 0.6 is 0 Å². The van der Waals surface area contributed by atoms with Gasteiger partial charge in [-0.3, -0.25) is 0 Å². The maximum absolute atomic E-state index is 6.02. The first-order valence-corrected chi connectivity index (χ1v) is 7.20. The quantitative estimate of drug-likeness (QED) is 0.779. The van der Waals surface area contributed by atoms with E-state index in [9.17, 15) is 0 Å². The number of methoxy groups -OCH3 is 1. The molecule has 0 fully saturated rings. The van der Waals surface area contributed by atoms with Crippen LogP contribution in [0.3, 0.4) is 0 Å². The van der Waals surface area contributed by atoms with E-state index in [1.165, 1.54) is 5.56 Å². The lowest BCUT2D eigenvalue weighted by atomic mass is 9.90. The molecule has 0 spiro atoms. The summed E-state index contributed by atoms with van der Waals surface area (Å²) in [6, 6.07) is 8.57. The average molecular weight is 279 g/mol. The molecule has 1 aliphatic heterocycles. The summed E-state index contributed by atoms with van der Waals surface area (Å²) in [7, 11) is 1.68. The first kappa shape index (κ1) is 15.3. The van der Waals surface area contributed by atoms with E-state index >= 15 is 0 Å². The molecule has 20 heavy (non-hydrogen) atoms. The fourth-order valence-corrected chi connectivity index (χ4v) is 2.53. The lowest BCUT2D eigenvalue weighted by Crippen LogP contribution is -2.40. The van der Waals surface area contributed by atoms with Crippen molar-refractivity contribution in [3.63, 3.8) is 0 Å². The van der Waals surface area contributed by atoms with Crippen molar-refractivity contribution in [2.24, 2.45) is 0 Å². The van der Waals surface area contributed by atoms with Crippen LogP contribution in [-0.2, 0) is 9.47 Å². The molecule has 4 heteroatoms. The minimum atomic E-state index is -0.136. The highest BCUT2D eigenvalue weighted by Crippen LogP contribution is 2.38. The minimum absolute atomic E-state index is 0.136. The first-order chi connectivity index (χ1) is 9.62. The van der Waals surface area contributed by atoms with Crippen molar-refractivity contribution < 1.29 is 14.2 Å². The van der Waals surface area contributed by atoms with E-state index in [2.05, 4.69) is 31.3 Å². The second-order valence-electron chi connectivity index (χ2n) is 5.72. The van der Waals surface area contributed by atoms with Crippen molar-refractivity contribution in [2.45, 2.75) is 31.9 Å². The predicted octanol–water partition coefficient (Wildman–Crippen LogP) is 2.54. The molecule has 0 saturated heterocycles. The Bertz CT molecular complexity index is 420. The minimum Gasteiger partial charge on any atom is -0.487 e. The second kappa shape index (κ2) is 7.07. The van der Waals surface area contributed by atoms with Crippen LogP contribution in [-0.4, -0.2) is 39.1 Å². The summed E-state index contributed by atoms with van der Waals surface area (Å²) in [4.78, 5) is 0. The first-order valence-electron chi connectivity index (χ1n) is 7.20. The molecule has 0 saturated carbocycles. The van der Waals surface area contributed by atoms with Crippen LogP contribution in [0, 0.1) is 0 Å². The molecule has 1 N–H and O–H groups in total. The van der Waals surface area contributed by atoms with Crippen molar-refractivity contribution in [1.82, 2.24) is 5.32 Å². The lowest BCUT2D eigenvalue weighted by Gasteiger charge is -2.38. The summed E-state index contributed by atoms with van der Waals surface area (Å²) >= 11 is 0. The van der Waals surface area contributed by atoms with Crippen molar-refractivity contribution in [3.05, 3.63) is 29.8 Å². The van der Waals surface area contributed by atoms with Crippen LogP contribution < -0.4 is 10.1 Å². The molecule has 4 nitrogen and oxygen atoms in total. The lowest BCUT2D eigenvalue weighted by molar-refractivity contribution is 0.0555. The number of hydrogen-bond acceptors (Lipinski definition) is 4. The van der Waals surface area contributed by atoms with Crippen LogP contribution in [0.15, 0.2) is 24.3 Å². The molecule has 112 valence electrons. The molecule has 0 bridgehead atoms. The number of fused-ring (bicyclic) bond motifs is 1. The molecule has 1 unspecified atom stereocenters. The Labute approximate surface area is 121 Å². The highest BCUT2D eigenvalue weighted by atomic mass is 16.5. The third-order valence-electron chi connectivity index (χ3n) is 3.45. The van der Waals surface area contributed by atoms with Gasteiger partial charge in [0.2, 0.25) is 0 Å². The molecule has 0 radical (unpaired) electrons. The van der Waals surface area contributed by atoms with Gasteiger partial charge < -0.3 is 19.5 Å². The van der Waals surface area contributed by atoms with E-state index in [4.69, 9.17) is 14.2 Å². The van der Waals surface area contributed by atoms with Crippen LogP contribution in [0.5, 0.6) is 5.75 Å². The Kier molecular flexibility index (Phi) is 5.40. The standard InChI is InChI=1S/C16H25NO3/c1-16(2)12-14(17-8-9-19-11-10-18-3)13-6-4-5-7-15(13)20-16/h4-7,14,17H,8-12H2,1-3H3. The molecule has 1 aromatic carbocycles. The van der Waals surface area contributed by atoms with Crippen molar-refractivity contribution >= 4 is 0 Å². The molecule has 0 aromatic heterocycles. The molecular formula is C16H25NO3. The summed E-state index contributed by atoms with van der Waals surface area (Å²) in [5.41, 5.74) is 1.10. The van der Waals surface area contributed by atoms with Gasteiger partial charge in [-0.2, -0.15) is 0 Å². The van der Waals surface area contributed by atoms with Gasteiger partial charge in [-0.25, -0.2) is 0 Å². The Balaban J connectivity index is 1.87. The van der Waals surface area contributed by atoms with Gasteiger partial charge in [0.25, 0.3) is 0 Å². The zero-order chi connectivity index (χ0) is 14.4. The van der Waals surface area contributed by atoms with Crippen molar-refractivity contribution in [3.8, 4) is 5.75 Å². The van der Waals surface area contributed by atoms with Gasteiger partial charge in [-0.15, -0.1) is 0 Å². The van der Waals surface area contributed by atoms with Crippen molar-refractivity contribution in [2.75, 3.05) is 33.5 Å². The highest BCUT2D eigenvalue weighted by Gasteiger charge is 2.32. The topological polar surface area (TPSA) is 39.7 Å². The predicted molar refractivity (Wildman–Crippen MR) is 79.2 cm³/mol. The van der Waals surface area contributed by atoms with Crippen LogP contribution in [0.4, 0.5) is 0 Å². The third-order valence-corrected chi connectivity index (χ3v) is 3.45. The van der Waals surface area contributed by atoms with E-state index in [0.29, 0.717) is 25.9 Å². The molecule has 1 aliphatic rings. The smallest absolute Gasteiger partial charge is 0.124 e. The Morgan fingerprint density at radius 1 is 1.25 bits per heavy atom. The van der Waals surface area contributed by atoms with Crippen LogP contribution in [0.2, 0.25) is 0 Å². The summed E-state index contributed by atoms with van der Waals surface area (Å²) in [5.74, 6) is 0.988. The van der Waals surface area contributed by atoms with Crippen LogP contribution in [0.1, 0.15) is 31.9 Å². The number of rotatable bonds is 7. The van der Waals surface area contributed by atoms with Gasteiger partial charge in [-0.05, 0) is 19.9 Å². The monoisotopic (exact) mass is 279 g/mol. The van der Waals surface area contributed by atoms with Gasteiger partial charge in [0.1, 0.15) is 11.4 Å². The van der Waals surface area contributed by atoms with Gasteiger partial charge in [0, 0.05) is 31.7 Å². The summed E-state index contributed by atoms with van der Waals surface area (Å²) in [6.45, 7) is 7.09. The number of ether oxygens (including phenoxy) is 3. The average Bonchev–Trinajstić information content (AvgIpc) is 2.41. The van der Waals surface area contributed by atoms with Gasteiger partial charge >= 0.3 is 0 Å². The van der Waals surface area contributed by atoms with E-state index < -0.39 is 0 Å². The fourth-order valence-electron chi connectivity index (χ4n) is 2.53. The molecule has 1 aromatic rings. The van der Waals surface area contributed by atoms with Gasteiger partial charge in [0.05, 0.1) is 19.8 Å². The van der Waals surface area contributed by atoms with Crippen LogP contribution in [0.25, 0.3) is 0 Å². The molecular weight excluding hydrogens is 254 g/mol. The molecule has 0 amide bonds. The summed E-state index contributed by atoms with van der Waals surface area (Å²) in [5, 5.41) is 3.56.